The molecule has 1 aliphatic heterocycles. The molecule has 0 atom stereocenters. The number of para-hydroxylation sites is 1. The lowest BCUT2D eigenvalue weighted by atomic mass is 10.2. The van der Waals surface area contributed by atoms with Crippen molar-refractivity contribution in [2.75, 3.05) is 0 Å². The third-order valence-electron chi connectivity index (χ3n) is 4.99. The first-order valence-electron chi connectivity index (χ1n) is 9.30. The van der Waals surface area contributed by atoms with Crippen LogP contribution >= 0.6 is 0 Å². The van der Waals surface area contributed by atoms with Crippen LogP contribution in [0.2, 0.25) is 0 Å². The second-order valence-corrected chi connectivity index (χ2v) is 6.89. The van der Waals surface area contributed by atoms with Crippen LogP contribution in [-0.2, 0) is 11.3 Å². The molecule has 0 bridgehead atoms. The second-order valence-electron chi connectivity index (χ2n) is 6.89. The van der Waals surface area contributed by atoms with Crippen LogP contribution in [0.3, 0.4) is 0 Å². The average Bonchev–Trinajstić information content (AvgIpc) is 3.21. The summed E-state index contributed by atoms with van der Waals surface area (Å²) in [6.45, 7) is 0.446. The number of hydrogen-bond donors (Lipinski definition) is 1. The van der Waals surface area contributed by atoms with Crippen molar-refractivity contribution in [1.29, 1.82) is 0 Å². The van der Waals surface area contributed by atoms with E-state index in [0.717, 1.165) is 11.1 Å². The van der Waals surface area contributed by atoms with Gasteiger partial charge in [0.15, 0.2) is 11.4 Å². The van der Waals surface area contributed by atoms with Gasteiger partial charge in [0.1, 0.15) is 5.82 Å². The molecule has 3 aromatic carbocycles. The lowest BCUT2D eigenvalue weighted by Gasteiger charge is -2.06. The van der Waals surface area contributed by atoms with E-state index in [0.29, 0.717) is 17.3 Å². The van der Waals surface area contributed by atoms with Crippen LogP contribution in [0.25, 0.3) is 16.6 Å². The van der Waals surface area contributed by atoms with Crippen LogP contribution in [-0.4, -0.2) is 15.6 Å². The first-order chi connectivity index (χ1) is 14.6. The molecule has 2 heterocycles. The van der Waals surface area contributed by atoms with Crippen molar-refractivity contribution in [3.63, 3.8) is 0 Å². The molecule has 0 unspecified atom stereocenters. The number of rotatable bonds is 4. The Bertz CT molecular complexity index is 1460. The molecule has 0 spiro atoms. The smallest absolute Gasteiger partial charge is 0.298 e. The SMILES string of the molecule is O=C1N=c2ccc(F)cc2=C1N=Nc1c(O)n(Cc2ccccc2)c2ccccc12. The number of halogens is 1. The molecule has 1 N–H and O–H groups in total. The summed E-state index contributed by atoms with van der Waals surface area (Å²) in [6, 6.07) is 21.0. The zero-order chi connectivity index (χ0) is 20.7. The first kappa shape index (κ1) is 17.9. The predicted molar refractivity (Wildman–Crippen MR) is 109 cm³/mol. The van der Waals surface area contributed by atoms with Gasteiger partial charge in [-0.15, -0.1) is 10.2 Å². The third-order valence-corrected chi connectivity index (χ3v) is 4.99. The van der Waals surface area contributed by atoms with E-state index in [1.807, 2.05) is 54.6 Å². The van der Waals surface area contributed by atoms with Gasteiger partial charge in [-0.3, -0.25) is 4.79 Å². The number of hydrogen-bond acceptors (Lipinski definition) is 4. The van der Waals surface area contributed by atoms with Crippen molar-refractivity contribution in [3.8, 4) is 5.88 Å². The summed E-state index contributed by atoms with van der Waals surface area (Å²) in [5.74, 6) is -1.15. The summed E-state index contributed by atoms with van der Waals surface area (Å²) in [5, 5.41) is 20.4. The van der Waals surface area contributed by atoms with E-state index in [2.05, 4.69) is 15.2 Å². The minimum absolute atomic E-state index is 0.0520. The van der Waals surface area contributed by atoms with E-state index in [1.165, 1.54) is 18.2 Å². The van der Waals surface area contributed by atoms with Gasteiger partial charge in [-0.25, -0.2) is 9.38 Å². The van der Waals surface area contributed by atoms with Crippen molar-refractivity contribution in [2.24, 2.45) is 15.2 Å². The number of azo groups is 1. The highest BCUT2D eigenvalue weighted by Crippen LogP contribution is 2.39. The minimum Gasteiger partial charge on any atom is -0.493 e. The van der Waals surface area contributed by atoms with Crippen molar-refractivity contribution in [1.82, 2.24) is 4.57 Å². The number of amides is 1. The van der Waals surface area contributed by atoms with Crippen molar-refractivity contribution in [3.05, 3.63) is 94.8 Å². The summed E-state index contributed by atoms with van der Waals surface area (Å²) in [4.78, 5) is 16.1. The molecule has 4 aromatic rings. The molecule has 0 saturated heterocycles. The topological polar surface area (TPSA) is 79.3 Å². The van der Waals surface area contributed by atoms with Crippen molar-refractivity contribution < 1.29 is 14.3 Å². The Kier molecular flexibility index (Phi) is 4.21. The summed E-state index contributed by atoms with van der Waals surface area (Å²) in [7, 11) is 0. The van der Waals surface area contributed by atoms with Crippen molar-refractivity contribution >= 4 is 28.2 Å². The highest BCUT2D eigenvalue weighted by Gasteiger charge is 2.19. The molecule has 1 aromatic heterocycles. The number of aromatic nitrogens is 1. The van der Waals surface area contributed by atoms with Crippen LogP contribution in [0.1, 0.15) is 5.56 Å². The monoisotopic (exact) mass is 398 g/mol. The van der Waals surface area contributed by atoms with Gasteiger partial charge in [-0.2, -0.15) is 0 Å². The molecule has 1 amide bonds. The summed E-state index contributed by atoms with van der Waals surface area (Å²) in [5.41, 5.74) is 1.99. The van der Waals surface area contributed by atoms with Crippen LogP contribution in [0.15, 0.2) is 88.0 Å². The minimum atomic E-state index is -0.591. The highest BCUT2D eigenvalue weighted by atomic mass is 19.1. The maximum atomic E-state index is 13.6. The van der Waals surface area contributed by atoms with E-state index >= 15 is 0 Å². The van der Waals surface area contributed by atoms with Gasteiger partial charge >= 0.3 is 0 Å². The Labute approximate surface area is 170 Å². The average molecular weight is 398 g/mol. The number of benzene rings is 3. The Morgan fingerprint density at radius 2 is 1.73 bits per heavy atom. The zero-order valence-corrected chi connectivity index (χ0v) is 15.7. The van der Waals surface area contributed by atoms with Crippen LogP contribution in [0.4, 0.5) is 10.1 Å². The molecule has 146 valence electrons. The predicted octanol–water partition coefficient (Wildman–Crippen LogP) is 3.59. The molecular formula is C23H15FN4O2. The molecule has 0 fully saturated rings. The molecule has 7 heteroatoms. The first-order valence-corrected chi connectivity index (χ1v) is 9.30. The zero-order valence-electron chi connectivity index (χ0n) is 15.7. The molecule has 30 heavy (non-hydrogen) atoms. The van der Waals surface area contributed by atoms with Crippen LogP contribution in [0, 0.1) is 5.82 Å². The van der Waals surface area contributed by atoms with E-state index in [1.54, 1.807) is 4.57 Å². The summed E-state index contributed by atoms with van der Waals surface area (Å²) < 4.78 is 15.4. The maximum Gasteiger partial charge on any atom is 0.298 e. The van der Waals surface area contributed by atoms with Crippen LogP contribution in [0.5, 0.6) is 5.88 Å². The lowest BCUT2D eigenvalue weighted by Crippen LogP contribution is -2.22. The molecule has 1 aliphatic rings. The van der Waals surface area contributed by atoms with Gasteiger partial charge in [0.25, 0.3) is 5.91 Å². The Hall–Kier alpha value is -4.13. The molecule has 6 nitrogen and oxygen atoms in total. The quantitative estimate of drug-likeness (QED) is 0.533. The van der Waals surface area contributed by atoms with Gasteiger partial charge in [0.2, 0.25) is 5.88 Å². The molecule has 0 radical (unpaired) electrons. The largest absolute Gasteiger partial charge is 0.493 e. The van der Waals surface area contributed by atoms with E-state index in [9.17, 15) is 14.3 Å². The Morgan fingerprint density at radius 1 is 0.967 bits per heavy atom. The molecular weight excluding hydrogens is 383 g/mol. The third kappa shape index (κ3) is 2.97. The van der Waals surface area contributed by atoms with Gasteiger partial charge in [-0.1, -0.05) is 48.5 Å². The molecule has 5 rings (SSSR count). The highest BCUT2D eigenvalue weighted by molar-refractivity contribution is 6.14. The standard InChI is InChI=1S/C23H15FN4O2/c24-15-10-11-18-17(12-15)20(22(29)25-18)26-27-21-16-8-4-5-9-19(16)28(23(21)30)13-14-6-2-1-3-7-14/h1-12,30H,13H2. The fourth-order valence-electron chi connectivity index (χ4n) is 3.57. The van der Waals surface area contributed by atoms with Crippen molar-refractivity contribution in [2.45, 2.75) is 6.54 Å². The Morgan fingerprint density at radius 3 is 2.57 bits per heavy atom. The number of carbonyl (C=O) groups excluding carboxylic acids is 1. The number of fused-ring (bicyclic) bond motifs is 2. The maximum absolute atomic E-state index is 13.6. The normalized spacial score (nSPS) is 13.2. The van der Waals surface area contributed by atoms with Gasteiger partial charge < -0.3 is 9.67 Å². The van der Waals surface area contributed by atoms with Gasteiger partial charge in [0.05, 0.1) is 17.4 Å². The molecule has 0 saturated carbocycles. The van der Waals surface area contributed by atoms with Crippen LogP contribution < -0.4 is 10.6 Å². The van der Waals surface area contributed by atoms with E-state index < -0.39 is 11.7 Å². The summed E-state index contributed by atoms with van der Waals surface area (Å²) >= 11 is 0. The number of carbonyl (C=O) groups is 1. The second kappa shape index (κ2) is 7.04. The lowest BCUT2D eigenvalue weighted by molar-refractivity contribution is -0.112. The summed E-state index contributed by atoms with van der Waals surface area (Å²) in [6.07, 6.45) is 0. The molecule has 0 aliphatic carbocycles. The fourth-order valence-corrected chi connectivity index (χ4v) is 3.57. The number of aromatic hydroxyl groups is 1. The van der Waals surface area contributed by atoms with Gasteiger partial charge in [0, 0.05) is 10.6 Å². The van der Waals surface area contributed by atoms with E-state index in [4.69, 9.17) is 0 Å². The Balaban J connectivity index is 1.64. The van der Waals surface area contributed by atoms with E-state index in [-0.39, 0.29) is 22.5 Å². The van der Waals surface area contributed by atoms with Gasteiger partial charge in [-0.05, 0) is 29.8 Å². The number of nitrogens with zero attached hydrogens (tertiary/aromatic N) is 4. The fraction of sp³-hybridized carbons (Fsp3) is 0.0435.